The summed E-state index contributed by atoms with van der Waals surface area (Å²) in [6.45, 7) is 1.39. The molecule has 0 unspecified atom stereocenters. The first kappa shape index (κ1) is 22.6. The van der Waals surface area contributed by atoms with Crippen LogP contribution in [0, 0.1) is 6.92 Å². The first-order valence-corrected chi connectivity index (χ1v) is 11.2. The summed E-state index contributed by atoms with van der Waals surface area (Å²) in [7, 11) is 0. The Morgan fingerprint density at radius 3 is 2.03 bits per heavy atom. The van der Waals surface area contributed by atoms with Crippen molar-refractivity contribution >= 4 is 70.4 Å². The van der Waals surface area contributed by atoms with E-state index < -0.39 is 11.8 Å². The van der Waals surface area contributed by atoms with Crippen LogP contribution in [0.2, 0.25) is 0 Å². The molecule has 0 saturated carbocycles. The molecular weight excluding hydrogens is 584 g/mol. The van der Waals surface area contributed by atoms with Crippen molar-refractivity contribution in [3.63, 3.8) is 0 Å². The molecule has 3 aromatic rings. The quantitative estimate of drug-likeness (QED) is 0.389. The molecule has 0 fully saturated rings. The third kappa shape index (κ3) is 5.96. The molecule has 0 aliphatic rings. The van der Waals surface area contributed by atoms with Gasteiger partial charge in [0.05, 0.1) is 4.47 Å². The Morgan fingerprint density at radius 2 is 1.37 bits per heavy atom. The minimum atomic E-state index is -0.494. The Kier molecular flexibility index (Phi) is 7.74. The van der Waals surface area contributed by atoms with E-state index in [9.17, 15) is 9.59 Å². The lowest BCUT2D eigenvalue weighted by Gasteiger charge is -2.12. The molecule has 9 heteroatoms. The van der Waals surface area contributed by atoms with Crippen molar-refractivity contribution < 1.29 is 19.1 Å². The lowest BCUT2D eigenvalue weighted by molar-refractivity contribution is -0.131. The van der Waals surface area contributed by atoms with E-state index in [2.05, 4.69) is 58.6 Å². The summed E-state index contributed by atoms with van der Waals surface area (Å²) < 4.78 is 13.7. The van der Waals surface area contributed by atoms with Crippen molar-refractivity contribution in [3.05, 3.63) is 67.5 Å². The molecule has 0 saturated heterocycles. The number of carbonyl (C=O) groups is 2. The maximum atomic E-state index is 12.0. The molecule has 0 bridgehead atoms. The molecule has 0 spiro atoms. The van der Waals surface area contributed by atoms with Gasteiger partial charge in [-0.2, -0.15) is 0 Å². The van der Waals surface area contributed by atoms with Gasteiger partial charge in [-0.3, -0.25) is 20.4 Å². The van der Waals surface area contributed by atoms with Crippen LogP contribution >= 0.6 is 47.8 Å². The third-order valence-corrected chi connectivity index (χ3v) is 5.88. The van der Waals surface area contributed by atoms with Crippen LogP contribution in [-0.4, -0.2) is 25.0 Å². The van der Waals surface area contributed by atoms with Gasteiger partial charge >= 0.3 is 0 Å². The summed E-state index contributed by atoms with van der Waals surface area (Å²) in [4.78, 5) is 23.9. The largest absolute Gasteiger partial charge is 0.483 e. The highest BCUT2D eigenvalue weighted by Gasteiger charge is 2.11. The van der Waals surface area contributed by atoms with Crippen molar-refractivity contribution in [2.45, 2.75) is 6.92 Å². The van der Waals surface area contributed by atoms with Crippen LogP contribution in [-0.2, 0) is 9.59 Å². The number of hydrazine groups is 1. The average molecular weight is 601 g/mol. The molecule has 156 valence electrons. The molecule has 0 heterocycles. The molecule has 3 aromatic carbocycles. The number of hydrogen-bond acceptors (Lipinski definition) is 4. The van der Waals surface area contributed by atoms with Crippen LogP contribution < -0.4 is 20.3 Å². The molecule has 2 N–H and O–H groups in total. The highest BCUT2D eigenvalue weighted by molar-refractivity contribution is 9.11. The van der Waals surface area contributed by atoms with Gasteiger partial charge in [-0.1, -0.05) is 44.0 Å². The zero-order valence-corrected chi connectivity index (χ0v) is 20.6. The highest BCUT2D eigenvalue weighted by Crippen LogP contribution is 2.34. The van der Waals surface area contributed by atoms with E-state index in [1.54, 1.807) is 12.1 Å². The Bertz CT molecular complexity index is 1110. The van der Waals surface area contributed by atoms with Gasteiger partial charge in [-0.05, 0) is 75.6 Å². The highest BCUT2D eigenvalue weighted by atomic mass is 79.9. The van der Waals surface area contributed by atoms with Gasteiger partial charge in [0.2, 0.25) is 0 Å². The van der Waals surface area contributed by atoms with Crippen LogP contribution in [0.5, 0.6) is 11.5 Å². The summed E-state index contributed by atoms with van der Waals surface area (Å²) >= 11 is 10.3. The van der Waals surface area contributed by atoms with Crippen molar-refractivity contribution in [3.8, 4) is 11.5 Å². The third-order valence-electron chi connectivity index (χ3n) is 4.08. The van der Waals surface area contributed by atoms with Gasteiger partial charge in [-0.15, -0.1) is 0 Å². The smallest absolute Gasteiger partial charge is 0.276 e. The number of carbonyl (C=O) groups excluding carboxylic acids is 2. The van der Waals surface area contributed by atoms with Gasteiger partial charge in [0.25, 0.3) is 11.8 Å². The first-order chi connectivity index (χ1) is 14.3. The first-order valence-electron chi connectivity index (χ1n) is 8.80. The Morgan fingerprint density at radius 1 is 0.800 bits per heavy atom. The number of benzene rings is 3. The predicted octanol–water partition coefficient (Wildman–Crippen LogP) is 5.04. The van der Waals surface area contributed by atoms with Crippen molar-refractivity contribution in [1.82, 2.24) is 10.9 Å². The second kappa shape index (κ2) is 10.3. The minimum Gasteiger partial charge on any atom is -0.483 e. The van der Waals surface area contributed by atoms with Crippen molar-refractivity contribution in [2.75, 3.05) is 13.2 Å². The van der Waals surface area contributed by atoms with E-state index in [0.717, 1.165) is 29.8 Å². The molecule has 0 aliphatic heterocycles. The normalized spacial score (nSPS) is 10.5. The monoisotopic (exact) mass is 598 g/mol. The van der Waals surface area contributed by atoms with E-state index in [0.29, 0.717) is 11.5 Å². The van der Waals surface area contributed by atoms with E-state index in [1.807, 2.05) is 43.3 Å². The summed E-state index contributed by atoms with van der Waals surface area (Å²) in [5, 5.41) is 1.99. The molecule has 0 radical (unpaired) electrons. The Labute approximate surface area is 198 Å². The van der Waals surface area contributed by atoms with Crippen molar-refractivity contribution in [1.29, 1.82) is 0 Å². The zero-order chi connectivity index (χ0) is 21.7. The second-order valence-corrected chi connectivity index (χ2v) is 8.95. The lowest BCUT2D eigenvalue weighted by atomic mass is 10.1. The number of fused-ring (bicyclic) bond motifs is 1. The van der Waals surface area contributed by atoms with E-state index in [1.165, 1.54) is 0 Å². The molecule has 0 atom stereocenters. The fourth-order valence-corrected chi connectivity index (χ4v) is 4.09. The molecule has 0 aromatic heterocycles. The fraction of sp³-hybridized carbons (Fsp3) is 0.143. The average Bonchev–Trinajstić information content (AvgIpc) is 2.71. The number of halogens is 3. The minimum absolute atomic E-state index is 0.227. The topological polar surface area (TPSA) is 76.7 Å². The number of aryl methyl sites for hydroxylation is 1. The van der Waals surface area contributed by atoms with Crippen LogP contribution in [0.1, 0.15) is 5.56 Å². The fourth-order valence-electron chi connectivity index (χ4n) is 2.63. The standard InChI is InChI=1S/C21H17Br3N2O4/c1-12-8-14(22)4-7-17(12)29-10-19(27)25-26-20(28)11-30-18-6-2-13-9-15(23)3-5-16(13)21(18)24/h2-9H,10-11H2,1H3,(H,25,27)(H,26,28). The maximum absolute atomic E-state index is 12.0. The van der Waals surface area contributed by atoms with Crippen molar-refractivity contribution in [2.24, 2.45) is 0 Å². The number of rotatable bonds is 6. The van der Waals surface area contributed by atoms with E-state index in [4.69, 9.17) is 9.47 Å². The second-order valence-electron chi connectivity index (χ2n) is 6.33. The lowest BCUT2D eigenvalue weighted by Crippen LogP contribution is -2.45. The molecule has 30 heavy (non-hydrogen) atoms. The van der Waals surface area contributed by atoms with E-state index in [-0.39, 0.29) is 13.2 Å². The molecular formula is C21H17Br3N2O4. The molecule has 3 rings (SSSR count). The van der Waals surface area contributed by atoms with Crippen LogP contribution in [0.15, 0.2) is 61.9 Å². The number of nitrogens with one attached hydrogen (secondary N) is 2. The number of amides is 2. The van der Waals surface area contributed by atoms with Gasteiger partial charge in [0.1, 0.15) is 11.5 Å². The van der Waals surface area contributed by atoms with Gasteiger partial charge < -0.3 is 9.47 Å². The summed E-state index contributed by atoms with van der Waals surface area (Å²) in [5.74, 6) is 0.144. The van der Waals surface area contributed by atoms with Gasteiger partial charge in [-0.25, -0.2) is 0 Å². The van der Waals surface area contributed by atoms with Crippen LogP contribution in [0.3, 0.4) is 0 Å². The molecule has 2 amide bonds. The summed E-state index contributed by atoms with van der Waals surface area (Å²) in [6, 6.07) is 15.0. The number of hydrogen-bond donors (Lipinski definition) is 2. The predicted molar refractivity (Wildman–Crippen MR) is 126 cm³/mol. The summed E-state index contributed by atoms with van der Waals surface area (Å²) in [6.07, 6.45) is 0. The molecule has 6 nitrogen and oxygen atoms in total. The Balaban J connectivity index is 1.46. The van der Waals surface area contributed by atoms with Gasteiger partial charge in [0.15, 0.2) is 13.2 Å². The maximum Gasteiger partial charge on any atom is 0.276 e. The summed E-state index contributed by atoms with van der Waals surface area (Å²) in [5.41, 5.74) is 5.50. The van der Waals surface area contributed by atoms with Gasteiger partial charge in [0, 0.05) is 8.95 Å². The number of ether oxygens (including phenoxy) is 2. The SMILES string of the molecule is Cc1cc(Br)ccc1OCC(=O)NNC(=O)COc1ccc2cc(Br)ccc2c1Br. The Hall–Kier alpha value is -2.10. The van der Waals surface area contributed by atoms with E-state index >= 15 is 0 Å². The zero-order valence-electron chi connectivity index (χ0n) is 15.8. The molecule has 0 aliphatic carbocycles. The van der Waals surface area contributed by atoms with Crippen LogP contribution in [0.4, 0.5) is 0 Å². The van der Waals surface area contributed by atoms with Crippen LogP contribution in [0.25, 0.3) is 10.8 Å².